The maximum atomic E-state index is 6.43. The van der Waals surface area contributed by atoms with Gasteiger partial charge >= 0.3 is 0 Å². The third kappa shape index (κ3) is 1.72. The summed E-state index contributed by atoms with van der Waals surface area (Å²) in [6.07, 6.45) is 1.06. The first kappa shape index (κ1) is 11.7. The van der Waals surface area contributed by atoms with Crippen molar-refractivity contribution in [3.8, 4) is 11.5 Å². The fourth-order valence-electron chi connectivity index (χ4n) is 2.15. The van der Waals surface area contributed by atoms with Crippen LogP contribution < -0.4 is 5.32 Å². The van der Waals surface area contributed by atoms with Gasteiger partial charge in [0.1, 0.15) is 11.5 Å². The zero-order chi connectivity index (χ0) is 12.7. The van der Waals surface area contributed by atoms with Crippen molar-refractivity contribution < 1.29 is 0 Å². The molecule has 0 spiro atoms. The van der Waals surface area contributed by atoms with Gasteiger partial charge in [0, 0.05) is 20.1 Å². The summed E-state index contributed by atoms with van der Waals surface area (Å²) < 4.78 is 3.88. The van der Waals surface area contributed by atoms with E-state index >= 15 is 0 Å². The van der Waals surface area contributed by atoms with E-state index in [1.54, 1.807) is 0 Å². The Labute approximate surface area is 110 Å². The molecule has 0 radical (unpaired) electrons. The number of aromatic nitrogens is 5. The first-order valence-electron chi connectivity index (χ1n) is 6.00. The van der Waals surface area contributed by atoms with Gasteiger partial charge in [-0.2, -0.15) is 5.10 Å². The molecule has 1 aliphatic rings. The number of hydrogen-bond acceptors (Lipinski definition) is 4. The molecule has 0 fully saturated rings. The predicted molar refractivity (Wildman–Crippen MR) is 68.3 cm³/mol. The number of hydrogen-bond donors (Lipinski definition) is 1. The fourth-order valence-corrected chi connectivity index (χ4v) is 2.43. The highest BCUT2D eigenvalue weighted by Crippen LogP contribution is 2.29. The molecular weight excluding hydrogens is 252 g/mol. The van der Waals surface area contributed by atoms with E-state index in [-0.39, 0.29) is 0 Å². The van der Waals surface area contributed by atoms with Crippen LogP contribution in [0.25, 0.3) is 11.5 Å². The van der Waals surface area contributed by atoms with Crippen LogP contribution in [0.5, 0.6) is 0 Å². The molecule has 0 saturated carbocycles. The van der Waals surface area contributed by atoms with Crippen LogP contribution >= 0.6 is 11.6 Å². The van der Waals surface area contributed by atoms with Crippen LogP contribution in [0.15, 0.2) is 0 Å². The Morgan fingerprint density at radius 3 is 2.89 bits per heavy atom. The second kappa shape index (κ2) is 4.37. The molecule has 0 atom stereocenters. The Balaban J connectivity index is 2.11. The van der Waals surface area contributed by atoms with Crippen molar-refractivity contribution in [2.75, 3.05) is 6.54 Å². The molecule has 1 aliphatic heterocycles. The molecule has 2 aromatic rings. The van der Waals surface area contributed by atoms with Crippen LogP contribution in [0.2, 0.25) is 5.02 Å². The normalized spacial score (nSPS) is 15.5. The van der Waals surface area contributed by atoms with Crippen LogP contribution in [0.4, 0.5) is 0 Å². The van der Waals surface area contributed by atoms with E-state index in [1.165, 1.54) is 0 Å². The van der Waals surface area contributed by atoms with E-state index in [4.69, 9.17) is 11.6 Å². The van der Waals surface area contributed by atoms with E-state index in [0.717, 1.165) is 49.1 Å². The Bertz CT molecular complexity index is 585. The molecule has 0 bridgehead atoms. The average molecular weight is 267 g/mol. The van der Waals surface area contributed by atoms with Gasteiger partial charge in [-0.1, -0.05) is 11.6 Å². The Hall–Kier alpha value is -1.40. The zero-order valence-corrected chi connectivity index (χ0v) is 11.2. The van der Waals surface area contributed by atoms with Crippen molar-refractivity contribution >= 4 is 11.6 Å². The summed E-state index contributed by atoms with van der Waals surface area (Å²) >= 11 is 6.43. The SMILES string of the molecule is Cc1nnc(-c2nn3c(c2Cl)CNCCC3)n1C. The second-order valence-corrected chi connectivity index (χ2v) is 4.87. The first-order valence-corrected chi connectivity index (χ1v) is 6.38. The van der Waals surface area contributed by atoms with Gasteiger partial charge < -0.3 is 9.88 Å². The largest absolute Gasteiger partial charge is 0.313 e. The Kier molecular flexibility index (Phi) is 2.83. The van der Waals surface area contributed by atoms with Gasteiger partial charge in [-0.3, -0.25) is 4.68 Å². The van der Waals surface area contributed by atoms with Gasteiger partial charge in [0.05, 0.1) is 10.7 Å². The lowest BCUT2D eigenvalue weighted by molar-refractivity contribution is 0.588. The quantitative estimate of drug-likeness (QED) is 0.841. The van der Waals surface area contributed by atoms with Crippen molar-refractivity contribution in [2.45, 2.75) is 26.4 Å². The molecule has 18 heavy (non-hydrogen) atoms. The molecule has 0 aliphatic carbocycles. The highest BCUT2D eigenvalue weighted by molar-refractivity contribution is 6.33. The monoisotopic (exact) mass is 266 g/mol. The van der Waals surface area contributed by atoms with Gasteiger partial charge in [0.25, 0.3) is 0 Å². The summed E-state index contributed by atoms with van der Waals surface area (Å²) in [5, 5.41) is 16.8. The van der Waals surface area contributed by atoms with Crippen molar-refractivity contribution in [3.63, 3.8) is 0 Å². The van der Waals surface area contributed by atoms with Crippen molar-refractivity contribution in [2.24, 2.45) is 7.05 Å². The average Bonchev–Trinajstić information content (AvgIpc) is 2.74. The van der Waals surface area contributed by atoms with E-state index < -0.39 is 0 Å². The smallest absolute Gasteiger partial charge is 0.185 e. The molecular formula is C11H15ClN6. The zero-order valence-electron chi connectivity index (χ0n) is 10.4. The highest BCUT2D eigenvalue weighted by Gasteiger charge is 2.22. The molecule has 0 aromatic carbocycles. The number of halogens is 1. The van der Waals surface area contributed by atoms with E-state index in [1.807, 2.05) is 23.2 Å². The number of fused-ring (bicyclic) bond motifs is 1. The third-order valence-corrected chi connectivity index (χ3v) is 3.71. The third-order valence-electron chi connectivity index (χ3n) is 3.31. The molecule has 0 saturated heterocycles. The second-order valence-electron chi connectivity index (χ2n) is 4.49. The summed E-state index contributed by atoms with van der Waals surface area (Å²) in [4.78, 5) is 0. The summed E-state index contributed by atoms with van der Waals surface area (Å²) in [5.74, 6) is 1.57. The maximum Gasteiger partial charge on any atom is 0.185 e. The minimum absolute atomic E-state index is 0.680. The van der Waals surface area contributed by atoms with Gasteiger partial charge in [-0.15, -0.1) is 10.2 Å². The molecule has 0 amide bonds. The predicted octanol–water partition coefficient (Wildman–Crippen LogP) is 1.13. The molecule has 3 heterocycles. The van der Waals surface area contributed by atoms with Gasteiger partial charge in [0.15, 0.2) is 5.82 Å². The number of aryl methyl sites for hydroxylation is 2. The van der Waals surface area contributed by atoms with E-state index in [9.17, 15) is 0 Å². The summed E-state index contributed by atoms with van der Waals surface area (Å²) in [6.45, 7) is 4.55. The molecule has 96 valence electrons. The van der Waals surface area contributed by atoms with Crippen LogP contribution in [0.3, 0.4) is 0 Å². The number of nitrogens with zero attached hydrogens (tertiary/aromatic N) is 5. The molecule has 3 rings (SSSR count). The summed E-state index contributed by atoms with van der Waals surface area (Å²) in [6, 6.07) is 0. The van der Waals surface area contributed by atoms with Crippen LogP contribution in [0.1, 0.15) is 17.9 Å². The lowest BCUT2D eigenvalue weighted by Gasteiger charge is -2.00. The molecule has 6 nitrogen and oxygen atoms in total. The van der Waals surface area contributed by atoms with Gasteiger partial charge in [-0.05, 0) is 19.9 Å². The van der Waals surface area contributed by atoms with Crippen molar-refractivity contribution in [1.29, 1.82) is 0 Å². The van der Waals surface area contributed by atoms with Crippen LogP contribution in [-0.4, -0.2) is 31.1 Å². The molecule has 0 unspecified atom stereocenters. The van der Waals surface area contributed by atoms with Crippen molar-refractivity contribution in [3.05, 3.63) is 16.5 Å². The lowest BCUT2D eigenvalue weighted by atomic mass is 10.3. The van der Waals surface area contributed by atoms with Gasteiger partial charge in [0.2, 0.25) is 0 Å². The lowest BCUT2D eigenvalue weighted by Crippen LogP contribution is -2.12. The number of nitrogens with one attached hydrogen (secondary N) is 1. The van der Waals surface area contributed by atoms with Gasteiger partial charge in [-0.25, -0.2) is 0 Å². The number of rotatable bonds is 1. The molecule has 7 heteroatoms. The summed E-state index contributed by atoms with van der Waals surface area (Å²) in [7, 11) is 1.92. The van der Waals surface area contributed by atoms with E-state index in [0.29, 0.717) is 5.02 Å². The Morgan fingerprint density at radius 1 is 1.33 bits per heavy atom. The minimum atomic E-state index is 0.680. The van der Waals surface area contributed by atoms with Crippen LogP contribution in [0, 0.1) is 6.92 Å². The van der Waals surface area contributed by atoms with Crippen molar-refractivity contribution in [1.82, 2.24) is 29.9 Å². The first-order chi connectivity index (χ1) is 8.68. The van der Waals surface area contributed by atoms with Crippen LogP contribution in [-0.2, 0) is 20.1 Å². The molecule has 2 aromatic heterocycles. The highest BCUT2D eigenvalue weighted by atomic mass is 35.5. The standard InChI is InChI=1S/C11H15ClN6/c1-7-14-15-11(17(7)2)10-9(12)8-6-13-4-3-5-18(8)16-10/h13H,3-6H2,1-2H3. The summed E-state index contributed by atoms with van der Waals surface area (Å²) in [5.41, 5.74) is 1.75. The Morgan fingerprint density at radius 2 is 2.17 bits per heavy atom. The molecule has 1 N–H and O–H groups in total. The fraction of sp³-hybridized carbons (Fsp3) is 0.545. The maximum absolute atomic E-state index is 6.43. The topological polar surface area (TPSA) is 60.6 Å². The van der Waals surface area contributed by atoms with E-state index in [2.05, 4.69) is 20.6 Å². The minimum Gasteiger partial charge on any atom is -0.313 e.